The van der Waals surface area contributed by atoms with Crippen LogP contribution < -0.4 is 4.74 Å². The number of likely N-dealkylation sites (tertiary alicyclic amines) is 1. The maximum Gasteiger partial charge on any atom is 0.227 e. The Balaban J connectivity index is 1.66. The molecule has 0 spiro atoms. The van der Waals surface area contributed by atoms with E-state index in [0.29, 0.717) is 6.42 Å². The van der Waals surface area contributed by atoms with Crippen LogP contribution in [-0.2, 0) is 11.2 Å². The summed E-state index contributed by atoms with van der Waals surface area (Å²) in [5, 5.41) is 0. The molecule has 1 atom stereocenters. The molecule has 1 aliphatic heterocycles. The molecule has 6 nitrogen and oxygen atoms in total. The number of para-hydroxylation sites is 1. The van der Waals surface area contributed by atoms with Gasteiger partial charge in [0.1, 0.15) is 17.9 Å². The zero-order valence-electron chi connectivity index (χ0n) is 15.8. The molecule has 0 unspecified atom stereocenters. The highest BCUT2D eigenvalue weighted by atomic mass is 16.5. The van der Waals surface area contributed by atoms with Gasteiger partial charge in [0.05, 0.1) is 31.3 Å². The van der Waals surface area contributed by atoms with Gasteiger partial charge >= 0.3 is 0 Å². The Morgan fingerprint density at radius 3 is 3.00 bits per heavy atom. The van der Waals surface area contributed by atoms with Crippen molar-refractivity contribution in [2.75, 3.05) is 13.7 Å². The first-order chi connectivity index (χ1) is 13.2. The first-order valence-electron chi connectivity index (χ1n) is 9.38. The molecule has 1 fully saturated rings. The summed E-state index contributed by atoms with van der Waals surface area (Å²) in [5.41, 5.74) is 2.88. The van der Waals surface area contributed by atoms with Crippen LogP contribution in [-0.4, -0.2) is 38.8 Å². The van der Waals surface area contributed by atoms with E-state index in [-0.39, 0.29) is 11.9 Å². The average Bonchev–Trinajstić information content (AvgIpc) is 3.16. The Hall–Kier alpha value is -2.89. The average molecular weight is 364 g/mol. The number of benzene rings is 1. The summed E-state index contributed by atoms with van der Waals surface area (Å²) >= 11 is 0. The van der Waals surface area contributed by atoms with E-state index in [2.05, 4.69) is 4.98 Å². The smallest absolute Gasteiger partial charge is 0.227 e. The number of carbonyl (C=O) groups is 1. The Morgan fingerprint density at radius 1 is 1.30 bits per heavy atom. The molecule has 1 amide bonds. The first-order valence-corrected chi connectivity index (χ1v) is 9.38. The van der Waals surface area contributed by atoms with E-state index in [0.717, 1.165) is 54.2 Å². The number of hydrogen-bond donors (Lipinski definition) is 0. The molecule has 27 heavy (non-hydrogen) atoms. The van der Waals surface area contributed by atoms with Gasteiger partial charge in [0.2, 0.25) is 5.91 Å². The van der Waals surface area contributed by atoms with Crippen LogP contribution in [0.3, 0.4) is 0 Å². The topological polar surface area (TPSA) is 59.7 Å². The quantitative estimate of drug-likeness (QED) is 0.712. The van der Waals surface area contributed by atoms with Gasteiger partial charge in [-0.05, 0) is 38.3 Å². The van der Waals surface area contributed by atoms with Crippen molar-refractivity contribution in [2.45, 2.75) is 38.6 Å². The fraction of sp³-hybridized carbons (Fsp3) is 0.381. The number of imidazole rings is 1. The maximum atomic E-state index is 13.2. The van der Waals surface area contributed by atoms with Gasteiger partial charge in [-0.25, -0.2) is 9.97 Å². The predicted octanol–water partition coefficient (Wildman–Crippen LogP) is 3.34. The molecule has 3 aromatic rings. The Kier molecular flexibility index (Phi) is 4.79. The van der Waals surface area contributed by atoms with Crippen LogP contribution in [0.1, 0.15) is 42.4 Å². The third-order valence-electron chi connectivity index (χ3n) is 5.22. The molecule has 0 bridgehead atoms. The van der Waals surface area contributed by atoms with E-state index in [4.69, 9.17) is 9.72 Å². The first kappa shape index (κ1) is 17.5. The minimum atomic E-state index is -0.0300. The maximum absolute atomic E-state index is 13.2. The van der Waals surface area contributed by atoms with Crippen LogP contribution in [0.5, 0.6) is 5.75 Å². The van der Waals surface area contributed by atoms with Gasteiger partial charge < -0.3 is 9.64 Å². The number of hydrogen-bond acceptors (Lipinski definition) is 4. The number of methoxy groups -OCH3 is 1. The molecule has 2 aromatic heterocycles. The van der Waals surface area contributed by atoms with Gasteiger partial charge in [0, 0.05) is 17.8 Å². The number of rotatable bonds is 4. The molecule has 4 rings (SSSR count). The van der Waals surface area contributed by atoms with Gasteiger partial charge in [0.25, 0.3) is 0 Å². The summed E-state index contributed by atoms with van der Waals surface area (Å²) in [6, 6.07) is 9.69. The molecule has 0 radical (unpaired) electrons. The van der Waals surface area contributed by atoms with E-state index in [1.165, 1.54) is 0 Å². The van der Waals surface area contributed by atoms with Crippen LogP contribution in [0.4, 0.5) is 0 Å². The number of amides is 1. The van der Waals surface area contributed by atoms with Gasteiger partial charge in [-0.3, -0.25) is 9.20 Å². The van der Waals surface area contributed by atoms with Crippen LogP contribution in [0, 0.1) is 6.92 Å². The summed E-state index contributed by atoms with van der Waals surface area (Å²) in [4.78, 5) is 24.2. The van der Waals surface area contributed by atoms with Gasteiger partial charge in [-0.1, -0.05) is 18.2 Å². The van der Waals surface area contributed by atoms with Gasteiger partial charge in [0.15, 0.2) is 0 Å². The van der Waals surface area contributed by atoms with Crippen molar-refractivity contribution in [1.29, 1.82) is 0 Å². The number of carbonyl (C=O) groups excluding carboxylic acids is 1. The van der Waals surface area contributed by atoms with Crippen molar-refractivity contribution in [3.05, 3.63) is 59.9 Å². The van der Waals surface area contributed by atoms with Crippen LogP contribution in [0.15, 0.2) is 42.9 Å². The second kappa shape index (κ2) is 7.39. The monoisotopic (exact) mass is 364 g/mol. The summed E-state index contributed by atoms with van der Waals surface area (Å²) in [6.07, 6.45) is 6.99. The Labute approximate surface area is 158 Å². The van der Waals surface area contributed by atoms with E-state index in [1.54, 1.807) is 13.4 Å². The highest BCUT2D eigenvalue weighted by Crippen LogP contribution is 2.31. The largest absolute Gasteiger partial charge is 0.496 e. The van der Waals surface area contributed by atoms with Crippen LogP contribution in [0.25, 0.3) is 5.52 Å². The standard InChI is InChI=1S/C21H24N4O2/c1-15-11-17-13-22-14-25(17)21(23-15)18-8-5-6-10-24(18)20(26)12-16-7-3-4-9-19(16)27-2/h3-4,7,9,11,13-14,18H,5-6,8,10,12H2,1-2H3/t18-/m1/s1. The van der Waals surface area contributed by atoms with E-state index in [9.17, 15) is 4.79 Å². The normalized spacial score (nSPS) is 17.3. The van der Waals surface area contributed by atoms with Crippen molar-refractivity contribution < 1.29 is 9.53 Å². The fourth-order valence-electron chi connectivity index (χ4n) is 3.93. The van der Waals surface area contributed by atoms with E-state index in [1.807, 2.05) is 52.8 Å². The fourth-order valence-corrected chi connectivity index (χ4v) is 3.93. The minimum absolute atomic E-state index is 0.0300. The number of aryl methyl sites for hydroxylation is 1. The Bertz CT molecular complexity index is 966. The van der Waals surface area contributed by atoms with Gasteiger partial charge in [-0.2, -0.15) is 0 Å². The molecular formula is C21H24N4O2. The summed E-state index contributed by atoms with van der Waals surface area (Å²) in [6.45, 7) is 2.74. The van der Waals surface area contributed by atoms with Crippen molar-refractivity contribution in [3.63, 3.8) is 0 Å². The second-order valence-electron chi connectivity index (χ2n) is 7.03. The van der Waals surface area contributed by atoms with E-state index >= 15 is 0 Å². The van der Waals surface area contributed by atoms with Crippen molar-refractivity contribution in [1.82, 2.24) is 19.3 Å². The molecule has 1 aromatic carbocycles. The molecule has 6 heteroatoms. The lowest BCUT2D eigenvalue weighted by Gasteiger charge is -2.36. The highest BCUT2D eigenvalue weighted by Gasteiger charge is 2.31. The van der Waals surface area contributed by atoms with Crippen LogP contribution >= 0.6 is 0 Å². The SMILES string of the molecule is COc1ccccc1CC(=O)N1CCCC[C@@H]1c1nc(C)cc2cncn12. The molecule has 1 saturated heterocycles. The molecule has 140 valence electrons. The van der Waals surface area contributed by atoms with Crippen molar-refractivity contribution >= 4 is 11.4 Å². The zero-order chi connectivity index (χ0) is 18.8. The second-order valence-corrected chi connectivity index (χ2v) is 7.03. The number of piperidine rings is 1. The summed E-state index contributed by atoms with van der Waals surface area (Å²) < 4.78 is 7.42. The number of fused-ring (bicyclic) bond motifs is 1. The summed E-state index contributed by atoms with van der Waals surface area (Å²) in [7, 11) is 1.64. The molecule has 3 heterocycles. The molecular weight excluding hydrogens is 340 g/mol. The number of nitrogens with zero attached hydrogens (tertiary/aromatic N) is 4. The number of aromatic nitrogens is 3. The van der Waals surface area contributed by atoms with Crippen molar-refractivity contribution in [3.8, 4) is 5.75 Å². The molecule has 0 saturated carbocycles. The molecule has 1 aliphatic rings. The Morgan fingerprint density at radius 2 is 2.15 bits per heavy atom. The third-order valence-corrected chi connectivity index (χ3v) is 5.22. The number of ether oxygens (including phenoxy) is 1. The zero-order valence-corrected chi connectivity index (χ0v) is 15.8. The minimum Gasteiger partial charge on any atom is -0.496 e. The highest BCUT2D eigenvalue weighted by molar-refractivity contribution is 5.80. The molecule has 0 N–H and O–H groups in total. The van der Waals surface area contributed by atoms with Crippen LogP contribution in [0.2, 0.25) is 0 Å². The molecule has 0 aliphatic carbocycles. The van der Waals surface area contributed by atoms with E-state index < -0.39 is 0 Å². The lowest BCUT2D eigenvalue weighted by Crippen LogP contribution is -2.40. The van der Waals surface area contributed by atoms with Gasteiger partial charge in [-0.15, -0.1) is 0 Å². The lowest BCUT2D eigenvalue weighted by molar-refractivity contribution is -0.134. The predicted molar refractivity (Wildman–Crippen MR) is 103 cm³/mol. The third kappa shape index (κ3) is 3.39. The van der Waals surface area contributed by atoms with Crippen molar-refractivity contribution in [2.24, 2.45) is 0 Å². The lowest BCUT2D eigenvalue weighted by atomic mass is 9.99. The summed E-state index contributed by atoms with van der Waals surface area (Å²) in [5.74, 6) is 1.77.